The van der Waals surface area contributed by atoms with E-state index in [1.807, 2.05) is 19.1 Å². The quantitative estimate of drug-likeness (QED) is 0.745. The van der Waals surface area contributed by atoms with E-state index in [9.17, 15) is 4.79 Å². The molecule has 0 spiro atoms. The number of aromatic nitrogens is 2. The number of nitrogens with two attached hydrogens (primary N) is 1. The molecule has 1 aromatic carbocycles. The third-order valence-corrected chi connectivity index (χ3v) is 3.12. The van der Waals surface area contributed by atoms with Crippen LogP contribution < -0.4 is 11.1 Å². The topological polar surface area (TPSA) is 82.2 Å². The van der Waals surface area contributed by atoms with Gasteiger partial charge >= 0.3 is 0 Å². The number of benzene rings is 1. The maximum atomic E-state index is 11.1. The van der Waals surface area contributed by atoms with Crippen molar-refractivity contribution >= 4 is 5.91 Å². The van der Waals surface area contributed by atoms with Gasteiger partial charge in [0, 0.05) is 26.4 Å². The molecule has 2 aromatic rings. The molecule has 21 heavy (non-hydrogen) atoms. The van der Waals surface area contributed by atoms with Crippen LogP contribution in [0.15, 0.2) is 30.5 Å². The van der Waals surface area contributed by atoms with Crippen LogP contribution in [0, 0.1) is 6.92 Å². The summed E-state index contributed by atoms with van der Waals surface area (Å²) in [6.07, 6.45) is 1.74. The van der Waals surface area contributed by atoms with Crippen LogP contribution in [0.3, 0.4) is 0 Å². The van der Waals surface area contributed by atoms with Crippen LogP contribution in [0.5, 0.6) is 0 Å². The Labute approximate surface area is 123 Å². The van der Waals surface area contributed by atoms with Gasteiger partial charge in [0.25, 0.3) is 5.91 Å². The normalized spacial score (nSPS) is 10.8. The van der Waals surface area contributed by atoms with E-state index in [2.05, 4.69) is 16.5 Å². The maximum Gasteiger partial charge on any atom is 0.269 e. The molecule has 2 rings (SSSR count). The largest absolute Gasteiger partial charge is 0.383 e. The lowest BCUT2D eigenvalue weighted by atomic mass is 10.1. The first kappa shape index (κ1) is 15.2. The zero-order chi connectivity index (χ0) is 15.2. The van der Waals surface area contributed by atoms with E-state index in [0.29, 0.717) is 13.2 Å². The second kappa shape index (κ2) is 7.01. The monoisotopic (exact) mass is 288 g/mol. The minimum absolute atomic E-state index is 0.258. The molecule has 0 saturated carbocycles. The summed E-state index contributed by atoms with van der Waals surface area (Å²) in [5, 5.41) is 7.52. The highest BCUT2D eigenvalue weighted by Crippen LogP contribution is 2.16. The molecule has 0 aliphatic carbocycles. The molecule has 1 aromatic heterocycles. The van der Waals surface area contributed by atoms with Gasteiger partial charge in [0.2, 0.25) is 0 Å². The Balaban J connectivity index is 2.22. The van der Waals surface area contributed by atoms with Gasteiger partial charge in [0.05, 0.1) is 12.3 Å². The lowest BCUT2D eigenvalue weighted by molar-refractivity contribution is 0.0995. The molecule has 0 saturated heterocycles. The van der Waals surface area contributed by atoms with Crippen LogP contribution >= 0.6 is 0 Å². The summed E-state index contributed by atoms with van der Waals surface area (Å²) in [4.78, 5) is 11.1. The van der Waals surface area contributed by atoms with Gasteiger partial charge in [0.15, 0.2) is 0 Å². The first-order valence-electron chi connectivity index (χ1n) is 6.77. The van der Waals surface area contributed by atoms with Gasteiger partial charge in [-0.3, -0.25) is 4.79 Å². The van der Waals surface area contributed by atoms with Crippen LogP contribution in [0.1, 0.15) is 21.6 Å². The Kier molecular flexibility index (Phi) is 5.08. The summed E-state index contributed by atoms with van der Waals surface area (Å²) in [5.74, 6) is -0.527. The first-order valence-corrected chi connectivity index (χ1v) is 6.77. The number of nitrogens with one attached hydrogen (secondary N) is 1. The molecule has 1 amide bonds. The van der Waals surface area contributed by atoms with E-state index >= 15 is 0 Å². The summed E-state index contributed by atoms with van der Waals surface area (Å²) in [7, 11) is 1.68. The minimum Gasteiger partial charge on any atom is -0.383 e. The number of ether oxygens (including phenoxy) is 1. The van der Waals surface area contributed by atoms with Gasteiger partial charge in [-0.15, -0.1) is 0 Å². The van der Waals surface area contributed by atoms with E-state index in [-0.39, 0.29) is 5.69 Å². The summed E-state index contributed by atoms with van der Waals surface area (Å²) in [5.41, 5.74) is 8.70. The van der Waals surface area contributed by atoms with E-state index in [1.54, 1.807) is 24.1 Å². The number of methoxy groups -OCH3 is 1. The van der Waals surface area contributed by atoms with E-state index < -0.39 is 5.91 Å². The van der Waals surface area contributed by atoms with Crippen molar-refractivity contribution in [2.75, 3.05) is 20.3 Å². The number of carbonyl (C=O) groups is 1. The fourth-order valence-electron chi connectivity index (χ4n) is 2.07. The van der Waals surface area contributed by atoms with Crippen LogP contribution in [-0.4, -0.2) is 35.9 Å². The second-order valence-electron chi connectivity index (χ2n) is 4.81. The molecule has 3 N–H and O–H groups in total. The molecule has 0 atom stereocenters. The van der Waals surface area contributed by atoms with Crippen molar-refractivity contribution in [2.45, 2.75) is 13.5 Å². The van der Waals surface area contributed by atoms with Gasteiger partial charge in [-0.05, 0) is 24.6 Å². The maximum absolute atomic E-state index is 11.1. The Morgan fingerprint density at radius 1 is 1.43 bits per heavy atom. The van der Waals surface area contributed by atoms with Crippen molar-refractivity contribution in [1.29, 1.82) is 0 Å². The number of primary amides is 1. The number of nitrogens with zero attached hydrogens (tertiary/aromatic N) is 2. The number of rotatable bonds is 7. The van der Waals surface area contributed by atoms with Crippen molar-refractivity contribution in [1.82, 2.24) is 15.1 Å². The molecule has 1 heterocycles. The number of amides is 1. The molecule has 0 fully saturated rings. The molecule has 0 aliphatic rings. The molecular weight excluding hydrogens is 268 g/mol. The van der Waals surface area contributed by atoms with Gasteiger partial charge in [0.1, 0.15) is 5.69 Å². The third-order valence-electron chi connectivity index (χ3n) is 3.12. The van der Waals surface area contributed by atoms with E-state index in [0.717, 1.165) is 17.8 Å². The fourth-order valence-corrected chi connectivity index (χ4v) is 2.07. The zero-order valence-electron chi connectivity index (χ0n) is 12.3. The Morgan fingerprint density at radius 3 is 2.90 bits per heavy atom. The third kappa shape index (κ3) is 3.90. The molecule has 6 heteroatoms. The average molecular weight is 288 g/mol. The lowest BCUT2D eigenvalue weighted by Gasteiger charge is -2.11. The lowest BCUT2D eigenvalue weighted by Crippen LogP contribution is -2.20. The smallest absolute Gasteiger partial charge is 0.269 e. The molecular formula is C15H20N4O2. The Morgan fingerprint density at radius 2 is 2.24 bits per heavy atom. The highest BCUT2D eigenvalue weighted by Gasteiger charge is 2.09. The molecule has 112 valence electrons. The van der Waals surface area contributed by atoms with Crippen LogP contribution in [0.25, 0.3) is 5.69 Å². The molecule has 0 radical (unpaired) electrons. The van der Waals surface area contributed by atoms with Crippen molar-refractivity contribution in [3.8, 4) is 5.69 Å². The molecule has 0 aliphatic heterocycles. The highest BCUT2D eigenvalue weighted by molar-refractivity contribution is 5.90. The second-order valence-corrected chi connectivity index (χ2v) is 4.81. The van der Waals surface area contributed by atoms with E-state index in [1.165, 1.54) is 5.56 Å². The van der Waals surface area contributed by atoms with Crippen LogP contribution in [0.4, 0.5) is 0 Å². The average Bonchev–Trinajstić information content (AvgIpc) is 2.93. The van der Waals surface area contributed by atoms with Crippen LogP contribution in [-0.2, 0) is 11.3 Å². The van der Waals surface area contributed by atoms with Gasteiger partial charge in [-0.1, -0.05) is 17.7 Å². The van der Waals surface area contributed by atoms with Crippen molar-refractivity contribution in [3.05, 3.63) is 47.3 Å². The zero-order valence-corrected chi connectivity index (χ0v) is 12.3. The standard InChI is InChI=1S/C15H20N4O2/c1-11-3-4-14(12(9-11)10-17-6-8-21-2)19-7-5-13(18-19)15(16)20/h3-5,7,9,17H,6,8,10H2,1-2H3,(H2,16,20). The Hall–Kier alpha value is -2.18. The molecule has 0 unspecified atom stereocenters. The first-order chi connectivity index (χ1) is 10.1. The number of hydrogen-bond acceptors (Lipinski definition) is 4. The SMILES string of the molecule is COCCNCc1cc(C)ccc1-n1ccc(C(N)=O)n1. The predicted octanol–water partition coefficient (Wildman–Crippen LogP) is 1.02. The summed E-state index contributed by atoms with van der Waals surface area (Å²) >= 11 is 0. The Bertz CT molecular complexity index is 622. The summed E-state index contributed by atoms with van der Waals surface area (Å²) in [6.45, 7) is 4.18. The summed E-state index contributed by atoms with van der Waals surface area (Å²) in [6, 6.07) is 7.71. The van der Waals surface area contributed by atoms with E-state index in [4.69, 9.17) is 10.5 Å². The number of hydrogen-bond donors (Lipinski definition) is 2. The van der Waals surface area contributed by atoms with Crippen molar-refractivity contribution in [2.24, 2.45) is 5.73 Å². The van der Waals surface area contributed by atoms with Crippen molar-refractivity contribution in [3.63, 3.8) is 0 Å². The highest BCUT2D eigenvalue weighted by atomic mass is 16.5. The minimum atomic E-state index is -0.527. The van der Waals surface area contributed by atoms with Crippen molar-refractivity contribution < 1.29 is 9.53 Å². The molecule has 0 bridgehead atoms. The van der Waals surface area contributed by atoms with Gasteiger partial charge in [-0.2, -0.15) is 5.10 Å². The van der Waals surface area contributed by atoms with Gasteiger partial charge < -0.3 is 15.8 Å². The van der Waals surface area contributed by atoms with Crippen LogP contribution in [0.2, 0.25) is 0 Å². The number of carbonyl (C=O) groups excluding carboxylic acids is 1. The fraction of sp³-hybridized carbons (Fsp3) is 0.333. The number of aryl methyl sites for hydroxylation is 1. The molecule has 6 nitrogen and oxygen atoms in total. The summed E-state index contributed by atoms with van der Waals surface area (Å²) < 4.78 is 6.69. The van der Waals surface area contributed by atoms with Gasteiger partial charge in [-0.25, -0.2) is 4.68 Å². The predicted molar refractivity (Wildman–Crippen MR) is 80.4 cm³/mol.